The fourth-order valence-electron chi connectivity index (χ4n) is 11.5. The SMILES string of the molecule is CCc1cc(/C(C)=N/OCc2ccc(C3CCCCC3)c(C(F)(F)F)c2)ccc1CC1(C(=O)OC(=O)/C=C/C(=O)OC(=O)C2(Cc3ccc(/C(C)=N/OCc4ccc(C5CCCCC5)c(C(F)(F)F)c4)cc3CC)CNC2)CNC1. The van der Waals surface area contributed by atoms with E-state index in [9.17, 15) is 45.5 Å². The molecule has 2 saturated heterocycles. The molecular weight excluding hydrogens is 1040 g/mol. The average molecular weight is 1110 g/mol. The Kier molecular flexibility index (Phi) is 19.2. The molecule has 2 N–H and O–H groups in total. The zero-order chi connectivity index (χ0) is 57.2. The molecular formula is C62H70F6N4O8. The summed E-state index contributed by atoms with van der Waals surface area (Å²) in [6.07, 6.45) is 2.89. The molecule has 0 radical (unpaired) electrons. The summed E-state index contributed by atoms with van der Waals surface area (Å²) in [6.45, 7) is 7.97. The number of rotatable bonds is 20. The van der Waals surface area contributed by atoms with Crippen LogP contribution in [-0.4, -0.2) is 61.5 Å². The van der Waals surface area contributed by atoms with Crippen LogP contribution >= 0.6 is 0 Å². The van der Waals surface area contributed by atoms with Gasteiger partial charge in [0.15, 0.2) is 0 Å². The van der Waals surface area contributed by atoms with E-state index in [4.69, 9.17) is 19.1 Å². The van der Waals surface area contributed by atoms with Crippen molar-refractivity contribution in [1.29, 1.82) is 0 Å². The number of aryl methyl sites for hydroxylation is 2. The number of alkyl halides is 6. The highest BCUT2D eigenvalue weighted by Gasteiger charge is 2.48. The molecule has 18 heteroatoms. The Morgan fingerprint density at radius 2 is 0.912 bits per heavy atom. The number of esters is 4. The third kappa shape index (κ3) is 14.4. The predicted octanol–water partition coefficient (Wildman–Crippen LogP) is 12.5. The summed E-state index contributed by atoms with van der Waals surface area (Å²) in [5.41, 5.74) is 3.87. The van der Waals surface area contributed by atoms with Crippen molar-refractivity contribution < 1.29 is 64.7 Å². The van der Waals surface area contributed by atoms with E-state index < -0.39 is 58.2 Å². The lowest BCUT2D eigenvalue weighted by Gasteiger charge is -2.40. The Morgan fingerprint density at radius 3 is 1.24 bits per heavy atom. The van der Waals surface area contributed by atoms with E-state index in [1.807, 2.05) is 50.2 Å². The second kappa shape index (κ2) is 25.9. The zero-order valence-corrected chi connectivity index (χ0v) is 45.8. The van der Waals surface area contributed by atoms with Gasteiger partial charge in [-0.05, 0) is 157 Å². The molecule has 0 bridgehead atoms. The maximum absolute atomic E-state index is 14.1. The van der Waals surface area contributed by atoms with E-state index >= 15 is 0 Å². The smallest absolute Gasteiger partial charge is 0.391 e. The van der Waals surface area contributed by atoms with E-state index in [1.165, 1.54) is 0 Å². The van der Waals surface area contributed by atoms with Crippen molar-refractivity contribution in [3.63, 3.8) is 0 Å². The van der Waals surface area contributed by atoms with Gasteiger partial charge in [-0.2, -0.15) is 26.3 Å². The van der Waals surface area contributed by atoms with Gasteiger partial charge in [0, 0.05) is 38.3 Å². The quantitative estimate of drug-likeness (QED) is 0.0218. The molecule has 2 heterocycles. The second-order valence-electron chi connectivity index (χ2n) is 22.0. The number of carbonyl (C=O) groups is 4. The standard InChI is InChI=1S/C62H70F6N4O8/c1-5-43-29-47(39(3)71-77-33-41-17-23-51(45-13-9-7-10-14-45)53(27-41)61(63,64)65)19-21-49(43)31-59(35-69-36-59)57(75)79-55(73)25-26-56(74)80-58(76)60(37-70-38-60)32-50-22-20-48(30-44(50)6-2)40(4)72-78-34-42-18-24-52(46-15-11-8-12-16-46)54(28-42)62(66,67)68/h17-30,45-46,69-70H,5-16,31-38H2,1-4H3/b26-25+,71-39+,72-40+. The fraction of sp³-hybridized carbons (Fsp3) is 0.484. The van der Waals surface area contributed by atoms with Crippen molar-refractivity contribution in [2.24, 2.45) is 21.1 Å². The third-order valence-electron chi connectivity index (χ3n) is 16.3. The number of carbonyl (C=O) groups excluding carboxylic acids is 4. The number of ether oxygens (including phenoxy) is 2. The van der Waals surface area contributed by atoms with Crippen LogP contribution in [0, 0.1) is 10.8 Å². The molecule has 0 aromatic heterocycles. The number of halogens is 6. The van der Waals surface area contributed by atoms with Gasteiger partial charge in [0.25, 0.3) is 0 Å². The van der Waals surface area contributed by atoms with Crippen LogP contribution < -0.4 is 10.6 Å². The molecule has 0 atom stereocenters. The van der Waals surface area contributed by atoms with Gasteiger partial charge in [-0.25, -0.2) is 9.59 Å². The average Bonchev–Trinajstić information content (AvgIpc) is 3.48. The summed E-state index contributed by atoms with van der Waals surface area (Å²) in [7, 11) is 0. The largest absolute Gasteiger partial charge is 0.416 e. The maximum atomic E-state index is 14.1. The molecule has 0 spiro atoms. The number of hydrogen-bond donors (Lipinski definition) is 2. The minimum atomic E-state index is -4.49. The van der Waals surface area contributed by atoms with Crippen LogP contribution in [0.1, 0.15) is 171 Å². The first-order valence-electron chi connectivity index (χ1n) is 27.8. The fourth-order valence-corrected chi connectivity index (χ4v) is 11.5. The monoisotopic (exact) mass is 1110 g/mol. The van der Waals surface area contributed by atoms with Crippen LogP contribution in [0.3, 0.4) is 0 Å². The first kappa shape index (κ1) is 59.5. The molecule has 428 valence electrons. The van der Waals surface area contributed by atoms with E-state index in [0.717, 1.165) is 111 Å². The van der Waals surface area contributed by atoms with Gasteiger partial charge < -0.3 is 29.8 Å². The summed E-state index contributed by atoms with van der Waals surface area (Å²) in [6, 6.07) is 20.0. The van der Waals surface area contributed by atoms with Crippen LogP contribution in [0.15, 0.2) is 95.3 Å². The van der Waals surface area contributed by atoms with Crippen LogP contribution in [0.5, 0.6) is 0 Å². The number of oxime groups is 2. The molecule has 0 unspecified atom stereocenters. The Labute approximate surface area is 463 Å². The van der Waals surface area contributed by atoms with Crippen molar-refractivity contribution in [2.75, 3.05) is 26.2 Å². The van der Waals surface area contributed by atoms with E-state index in [-0.39, 0.29) is 64.1 Å². The summed E-state index contributed by atoms with van der Waals surface area (Å²) in [5.74, 6) is -4.04. The lowest BCUT2D eigenvalue weighted by Crippen LogP contribution is -2.60. The van der Waals surface area contributed by atoms with Crippen molar-refractivity contribution in [1.82, 2.24) is 10.6 Å². The van der Waals surface area contributed by atoms with Gasteiger partial charge in [0.1, 0.15) is 13.2 Å². The Balaban J connectivity index is 0.823. The normalized spacial score (nSPS) is 18.0. The highest BCUT2D eigenvalue weighted by Crippen LogP contribution is 2.43. The zero-order valence-electron chi connectivity index (χ0n) is 45.8. The highest BCUT2D eigenvalue weighted by molar-refractivity contribution is 6.01. The Bertz CT molecular complexity index is 2800. The first-order chi connectivity index (χ1) is 38.2. The summed E-state index contributed by atoms with van der Waals surface area (Å²) in [4.78, 5) is 64.2. The predicted molar refractivity (Wildman–Crippen MR) is 290 cm³/mol. The summed E-state index contributed by atoms with van der Waals surface area (Å²) in [5, 5.41) is 14.6. The lowest BCUT2D eigenvalue weighted by atomic mass is 9.75. The van der Waals surface area contributed by atoms with Crippen LogP contribution in [-0.2, 0) is 89.6 Å². The topological polar surface area (TPSA) is 154 Å². The van der Waals surface area contributed by atoms with Crippen molar-refractivity contribution in [3.8, 4) is 0 Å². The van der Waals surface area contributed by atoms with Crippen molar-refractivity contribution in [2.45, 2.75) is 155 Å². The minimum Gasteiger partial charge on any atom is -0.391 e. The summed E-state index contributed by atoms with van der Waals surface area (Å²) < 4.78 is 95.2. The lowest BCUT2D eigenvalue weighted by molar-refractivity contribution is -0.169. The number of nitrogens with zero attached hydrogens (tertiary/aromatic N) is 2. The molecule has 2 saturated carbocycles. The van der Waals surface area contributed by atoms with E-state index in [2.05, 4.69) is 20.9 Å². The summed E-state index contributed by atoms with van der Waals surface area (Å²) >= 11 is 0. The van der Waals surface area contributed by atoms with Crippen molar-refractivity contribution >= 4 is 35.3 Å². The number of hydrogen-bond acceptors (Lipinski definition) is 12. The van der Waals surface area contributed by atoms with E-state index in [0.29, 0.717) is 57.6 Å². The van der Waals surface area contributed by atoms with Crippen molar-refractivity contribution in [3.05, 3.63) is 152 Å². The van der Waals surface area contributed by atoms with Gasteiger partial charge in [-0.1, -0.05) is 111 Å². The minimum absolute atomic E-state index is 0.108. The molecule has 4 aromatic carbocycles. The molecule has 4 fully saturated rings. The van der Waals surface area contributed by atoms with E-state index in [1.54, 1.807) is 38.1 Å². The second-order valence-corrected chi connectivity index (χ2v) is 22.0. The molecule has 4 aliphatic rings. The molecule has 8 rings (SSSR count). The Hall–Kier alpha value is -6.66. The van der Waals surface area contributed by atoms with Gasteiger partial charge in [-0.15, -0.1) is 0 Å². The van der Waals surface area contributed by atoms with Gasteiger partial charge in [0.05, 0.1) is 33.4 Å². The van der Waals surface area contributed by atoms with Crippen LogP contribution in [0.4, 0.5) is 26.3 Å². The number of nitrogens with one attached hydrogen (secondary N) is 2. The molecule has 80 heavy (non-hydrogen) atoms. The van der Waals surface area contributed by atoms with Crippen LogP contribution in [0.2, 0.25) is 0 Å². The van der Waals surface area contributed by atoms with Crippen LogP contribution in [0.25, 0.3) is 0 Å². The van der Waals surface area contributed by atoms with Gasteiger partial charge in [0.2, 0.25) is 0 Å². The molecule has 2 aliphatic heterocycles. The van der Waals surface area contributed by atoms with Gasteiger partial charge >= 0.3 is 36.2 Å². The maximum Gasteiger partial charge on any atom is 0.416 e. The molecule has 2 aliphatic carbocycles. The van der Waals surface area contributed by atoms with Gasteiger partial charge in [-0.3, -0.25) is 9.59 Å². The molecule has 4 aromatic rings. The number of benzene rings is 4. The Morgan fingerprint density at radius 1 is 0.537 bits per heavy atom. The first-order valence-corrected chi connectivity index (χ1v) is 27.8. The highest BCUT2D eigenvalue weighted by atomic mass is 19.4. The third-order valence-corrected chi connectivity index (χ3v) is 16.3. The molecule has 0 amide bonds. The molecule has 12 nitrogen and oxygen atoms in total.